The summed E-state index contributed by atoms with van der Waals surface area (Å²) in [6.45, 7) is 13.3. The number of allylic oxidation sites excluding steroid dienone is 2. The summed E-state index contributed by atoms with van der Waals surface area (Å²) in [6, 6.07) is 0. The molecule has 1 aliphatic carbocycles. The Labute approximate surface area is 78.1 Å². The molecule has 0 radical (unpaired) electrons. The summed E-state index contributed by atoms with van der Waals surface area (Å²) in [5.74, 6) is 1.75. The normalized spacial score (nSPS) is 29.5. The van der Waals surface area contributed by atoms with Crippen molar-refractivity contribution < 1.29 is 0 Å². The lowest BCUT2D eigenvalue weighted by Crippen LogP contribution is -2.12. The standard InChI is InChI=1S/C10H18.C2H6/c1-7-5-8(2)10(4)9(3)6-7;1-2/h7-8H,5-6H2,1-4H3;1-2H3/t7-,8?;/m0./s1. The molecule has 0 heteroatoms. The van der Waals surface area contributed by atoms with Crippen LogP contribution in [-0.4, -0.2) is 0 Å². The van der Waals surface area contributed by atoms with Gasteiger partial charge in [-0.1, -0.05) is 38.8 Å². The van der Waals surface area contributed by atoms with Gasteiger partial charge in [0.15, 0.2) is 0 Å². The maximum atomic E-state index is 2.35. The van der Waals surface area contributed by atoms with Gasteiger partial charge in [0.2, 0.25) is 0 Å². The van der Waals surface area contributed by atoms with Gasteiger partial charge in [0, 0.05) is 0 Å². The van der Waals surface area contributed by atoms with Crippen molar-refractivity contribution in [3.8, 4) is 0 Å². The lowest BCUT2D eigenvalue weighted by atomic mass is 9.80. The average Bonchev–Trinajstić information content (AvgIpc) is 2.04. The van der Waals surface area contributed by atoms with Gasteiger partial charge in [0.1, 0.15) is 0 Å². The first-order chi connectivity index (χ1) is 5.61. The summed E-state index contributed by atoms with van der Waals surface area (Å²) in [6.07, 6.45) is 2.72. The van der Waals surface area contributed by atoms with Crippen molar-refractivity contribution in [2.24, 2.45) is 11.8 Å². The van der Waals surface area contributed by atoms with Crippen molar-refractivity contribution >= 4 is 0 Å². The lowest BCUT2D eigenvalue weighted by molar-refractivity contribution is 0.416. The van der Waals surface area contributed by atoms with E-state index in [0.717, 1.165) is 11.8 Å². The third-order valence-electron chi connectivity index (χ3n) is 2.82. The molecule has 0 spiro atoms. The van der Waals surface area contributed by atoms with Gasteiger partial charge in [0.25, 0.3) is 0 Å². The molecule has 12 heavy (non-hydrogen) atoms. The molecule has 0 nitrogen and oxygen atoms in total. The minimum atomic E-state index is 0.837. The van der Waals surface area contributed by atoms with Crippen molar-refractivity contribution in [1.29, 1.82) is 0 Å². The summed E-state index contributed by atoms with van der Waals surface area (Å²) in [5.41, 5.74) is 3.27. The molecule has 2 atom stereocenters. The fourth-order valence-corrected chi connectivity index (χ4v) is 1.97. The van der Waals surface area contributed by atoms with E-state index in [1.807, 2.05) is 13.8 Å². The van der Waals surface area contributed by atoms with Crippen molar-refractivity contribution in [1.82, 2.24) is 0 Å². The topological polar surface area (TPSA) is 0 Å². The van der Waals surface area contributed by atoms with Gasteiger partial charge in [0.05, 0.1) is 0 Å². The first-order valence-electron chi connectivity index (χ1n) is 5.27. The summed E-state index contributed by atoms with van der Waals surface area (Å²) in [5, 5.41) is 0. The Morgan fingerprint density at radius 2 is 1.58 bits per heavy atom. The highest BCUT2D eigenvalue weighted by molar-refractivity contribution is 5.15. The highest BCUT2D eigenvalue weighted by Gasteiger charge is 2.18. The molecule has 72 valence electrons. The van der Waals surface area contributed by atoms with E-state index in [1.165, 1.54) is 12.8 Å². The summed E-state index contributed by atoms with van der Waals surface area (Å²) < 4.78 is 0. The molecule has 0 aliphatic heterocycles. The molecule has 0 N–H and O–H groups in total. The Kier molecular flexibility index (Phi) is 5.28. The van der Waals surface area contributed by atoms with E-state index in [4.69, 9.17) is 0 Å². The Morgan fingerprint density at radius 3 is 2.00 bits per heavy atom. The minimum Gasteiger partial charge on any atom is -0.0739 e. The maximum absolute atomic E-state index is 2.35. The van der Waals surface area contributed by atoms with Crippen molar-refractivity contribution in [3.05, 3.63) is 11.1 Å². The van der Waals surface area contributed by atoms with E-state index in [9.17, 15) is 0 Å². The molecule has 1 unspecified atom stereocenters. The molecule has 0 saturated heterocycles. The molecule has 0 aromatic heterocycles. The van der Waals surface area contributed by atoms with Crippen LogP contribution in [0.3, 0.4) is 0 Å². The molecule has 0 saturated carbocycles. The van der Waals surface area contributed by atoms with Crippen LogP contribution in [0.15, 0.2) is 11.1 Å². The Balaban J connectivity index is 0.000000561. The summed E-state index contributed by atoms with van der Waals surface area (Å²) in [7, 11) is 0. The summed E-state index contributed by atoms with van der Waals surface area (Å²) >= 11 is 0. The molecule has 0 fully saturated rings. The first kappa shape index (κ1) is 11.7. The first-order valence-corrected chi connectivity index (χ1v) is 5.27. The van der Waals surface area contributed by atoms with Crippen LogP contribution >= 0.6 is 0 Å². The van der Waals surface area contributed by atoms with Gasteiger partial charge in [-0.15, -0.1) is 0 Å². The SMILES string of the molecule is CC.CC1=C(C)C(C)C[C@H](C)C1. The molecular weight excluding hydrogens is 144 g/mol. The number of hydrogen-bond acceptors (Lipinski definition) is 0. The van der Waals surface area contributed by atoms with Gasteiger partial charge in [-0.05, 0) is 38.5 Å². The van der Waals surface area contributed by atoms with Crippen LogP contribution in [0, 0.1) is 11.8 Å². The van der Waals surface area contributed by atoms with E-state index in [1.54, 1.807) is 11.1 Å². The number of hydrogen-bond donors (Lipinski definition) is 0. The highest BCUT2D eigenvalue weighted by atomic mass is 14.2. The van der Waals surface area contributed by atoms with Gasteiger partial charge in [-0.2, -0.15) is 0 Å². The maximum Gasteiger partial charge on any atom is -0.0229 e. The largest absolute Gasteiger partial charge is 0.0739 e. The third kappa shape index (κ3) is 3.00. The van der Waals surface area contributed by atoms with Gasteiger partial charge in [-0.3, -0.25) is 0 Å². The molecule has 0 aromatic rings. The number of rotatable bonds is 0. The molecule has 0 aromatic carbocycles. The quantitative estimate of drug-likeness (QED) is 0.470. The van der Waals surface area contributed by atoms with Gasteiger partial charge in [-0.25, -0.2) is 0 Å². The van der Waals surface area contributed by atoms with E-state index in [2.05, 4.69) is 27.7 Å². The monoisotopic (exact) mass is 168 g/mol. The van der Waals surface area contributed by atoms with Crippen molar-refractivity contribution in [2.45, 2.75) is 54.4 Å². The highest BCUT2D eigenvalue weighted by Crippen LogP contribution is 2.32. The Morgan fingerprint density at radius 1 is 1.08 bits per heavy atom. The predicted octanol–water partition coefficient (Wildman–Crippen LogP) is 4.42. The van der Waals surface area contributed by atoms with Crippen LogP contribution in [-0.2, 0) is 0 Å². The molecule has 0 amide bonds. The van der Waals surface area contributed by atoms with Crippen molar-refractivity contribution in [2.75, 3.05) is 0 Å². The van der Waals surface area contributed by atoms with E-state index in [0.29, 0.717) is 0 Å². The lowest BCUT2D eigenvalue weighted by Gasteiger charge is -2.26. The molecular formula is C12H24. The van der Waals surface area contributed by atoms with Crippen LogP contribution in [0.5, 0.6) is 0 Å². The second-order valence-electron chi connectivity index (χ2n) is 3.91. The van der Waals surface area contributed by atoms with Crippen LogP contribution in [0.25, 0.3) is 0 Å². The zero-order chi connectivity index (χ0) is 9.72. The second kappa shape index (κ2) is 5.40. The van der Waals surface area contributed by atoms with Crippen molar-refractivity contribution in [3.63, 3.8) is 0 Å². The van der Waals surface area contributed by atoms with Crippen LogP contribution in [0.1, 0.15) is 54.4 Å². The average molecular weight is 168 g/mol. The van der Waals surface area contributed by atoms with Crippen LogP contribution in [0.2, 0.25) is 0 Å². The fraction of sp³-hybridized carbons (Fsp3) is 0.833. The van der Waals surface area contributed by atoms with E-state index >= 15 is 0 Å². The van der Waals surface area contributed by atoms with Crippen LogP contribution in [0.4, 0.5) is 0 Å². The molecule has 0 bridgehead atoms. The minimum absolute atomic E-state index is 0.837. The van der Waals surface area contributed by atoms with Gasteiger partial charge >= 0.3 is 0 Å². The zero-order valence-electron chi connectivity index (χ0n) is 9.57. The van der Waals surface area contributed by atoms with Gasteiger partial charge < -0.3 is 0 Å². The predicted molar refractivity (Wildman–Crippen MR) is 57.3 cm³/mol. The van der Waals surface area contributed by atoms with E-state index in [-0.39, 0.29) is 0 Å². The zero-order valence-corrected chi connectivity index (χ0v) is 9.57. The molecule has 1 rings (SSSR count). The fourth-order valence-electron chi connectivity index (χ4n) is 1.97. The van der Waals surface area contributed by atoms with Crippen LogP contribution < -0.4 is 0 Å². The Bertz CT molecular complexity index is 153. The smallest absolute Gasteiger partial charge is 0.0229 e. The van der Waals surface area contributed by atoms with E-state index < -0.39 is 0 Å². The molecule has 1 aliphatic rings. The third-order valence-corrected chi connectivity index (χ3v) is 2.82. The second-order valence-corrected chi connectivity index (χ2v) is 3.91. The summed E-state index contributed by atoms with van der Waals surface area (Å²) in [4.78, 5) is 0. The Hall–Kier alpha value is -0.260. The molecule has 0 heterocycles.